The monoisotopic (exact) mass is 300 g/mol. The molecule has 0 atom stereocenters. The van der Waals surface area contributed by atoms with E-state index in [1.807, 2.05) is 6.92 Å². The standard InChI is InChI=1S/C16H16N2O4/c1-2-22-14-10-6-5-9-13(14)18(16(17)21)12-8-4-3-7-11(12)15(19)20/h3-10H,2H2,1H3,(H2,17,21)(H,19,20). The minimum atomic E-state index is -1.14. The van der Waals surface area contributed by atoms with Gasteiger partial charge >= 0.3 is 12.0 Å². The number of aromatic carboxylic acids is 1. The molecule has 0 saturated carbocycles. The molecule has 2 amide bonds. The highest BCUT2D eigenvalue weighted by Gasteiger charge is 2.23. The van der Waals surface area contributed by atoms with Crippen molar-refractivity contribution in [3.8, 4) is 5.75 Å². The molecule has 0 saturated heterocycles. The van der Waals surface area contributed by atoms with Crippen molar-refractivity contribution in [3.63, 3.8) is 0 Å². The SMILES string of the molecule is CCOc1ccccc1N(C(N)=O)c1ccccc1C(=O)O. The molecule has 0 heterocycles. The number of amides is 2. The van der Waals surface area contributed by atoms with Gasteiger partial charge in [0, 0.05) is 0 Å². The number of ether oxygens (including phenoxy) is 1. The highest BCUT2D eigenvalue weighted by molar-refractivity contribution is 6.06. The summed E-state index contributed by atoms with van der Waals surface area (Å²) < 4.78 is 5.49. The van der Waals surface area contributed by atoms with Gasteiger partial charge in [0.15, 0.2) is 0 Å². The van der Waals surface area contributed by atoms with Crippen LogP contribution < -0.4 is 15.4 Å². The number of nitrogens with two attached hydrogens (primary N) is 1. The van der Waals surface area contributed by atoms with E-state index in [2.05, 4.69) is 0 Å². The molecule has 114 valence electrons. The van der Waals surface area contributed by atoms with Gasteiger partial charge in [-0.05, 0) is 31.2 Å². The molecular weight excluding hydrogens is 284 g/mol. The largest absolute Gasteiger partial charge is 0.492 e. The van der Waals surface area contributed by atoms with Gasteiger partial charge in [-0.2, -0.15) is 0 Å². The molecule has 6 nitrogen and oxygen atoms in total. The number of carboxylic acids is 1. The van der Waals surface area contributed by atoms with Crippen molar-refractivity contribution < 1.29 is 19.4 Å². The predicted octanol–water partition coefficient (Wildman–Crippen LogP) is 3.00. The van der Waals surface area contributed by atoms with Crippen LogP contribution in [0.3, 0.4) is 0 Å². The van der Waals surface area contributed by atoms with Crippen molar-refractivity contribution in [3.05, 3.63) is 54.1 Å². The van der Waals surface area contributed by atoms with Crippen LogP contribution in [0.4, 0.5) is 16.2 Å². The van der Waals surface area contributed by atoms with E-state index >= 15 is 0 Å². The summed E-state index contributed by atoms with van der Waals surface area (Å²) in [6.07, 6.45) is 0. The zero-order valence-corrected chi connectivity index (χ0v) is 12.0. The summed E-state index contributed by atoms with van der Waals surface area (Å²) in [5.41, 5.74) is 6.04. The van der Waals surface area contributed by atoms with Gasteiger partial charge in [0.25, 0.3) is 0 Å². The Morgan fingerprint density at radius 3 is 2.27 bits per heavy atom. The second-order valence-electron chi connectivity index (χ2n) is 4.40. The molecule has 0 fully saturated rings. The van der Waals surface area contributed by atoms with Crippen molar-refractivity contribution in [2.75, 3.05) is 11.5 Å². The van der Waals surface area contributed by atoms with Crippen LogP contribution in [0.1, 0.15) is 17.3 Å². The first-order valence-electron chi connectivity index (χ1n) is 6.70. The number of benzene rings is 2. The number of carbonyl (C=O) groups is 2. The third-order valence-electron chi connectivity index (χ3n) is 3.00. The Morgan fingerprint density at radius 1 is 1.09 bits per heavy atom. The number of primary amides is 1. The molecule has 0 unspecified atom stereocenters. The molecule has 0 aromatic heterocycles. The quantitative estimate of drug-likeness (QED) is 0.887. The first kappa shape index (κ1) is 15.4. The summed E-state index contributed by atoms with van der Waals surface area (Å²) in [6.45, 7) is 2.22. The van der Waals surface area contributed by atoms with Crippen LogP contribution >= 0.6 is 0 Å². The predicted molar refractivity (Wildman–Crippen MR) is 82.7 cm³/mol. The van der Waals surface area contributed by atoms with Gasteiger partial charge in [-0.15, -0.1) is 0 Å². The summed E-state index contributed by atoms with van der Waals surface area (Å²) in [4.78, 5) is 24.4. The number of para-hydroxylation sites is 3. The average molecular weight is 300 g/mol. The molecule has 0 aliphatic rings. The minimum Gasteiger partial charge on any atom is -0.492 e. The average Bonchev–Trinajstić information content (AvgIpc) is 2.49. The molecule has 3 N–H and O–H groups in total. The fraction of sp³-hybridized carbons (Fsp3) is 0.125. The number of anilines is 2. The second-order valence-corrected chi connectivity index (χ2v) is 4.40. The minimum absolute atomic E-state index is 0.0207. The first-order valence-corrected chi connectivity index (χ1v) is 6.70. The normalized spacial score (nSPS) is 10.0. The fourth-order valence-corrected chi connectivity index (χ4v) is 2.14. The smallest absolute Gasteiger partial charge is 0.337 e. The lowest BCUT2D eigenvalue weighted by atomic mass is 10.1. The molecule has 0 aliphatic carbocycles. The van der Waals surface area contributed by atoms with Gasteiger partial charge in [-0.1, -0.05) is 24.3 Å². The third kappa shape index (κ3) is 3.01. The molecule has 2 aromatic carbocycles. The third-order valence-corrected chi connectivity index (χ3v) is 3.00. The van der Waals surface area contributed by atoms with E-state index in [1.54, 1.807) is 36.4 Å². The topological polar surface area (TPSA) is 92.9 Å². The van der Waals surface area contributed by atoms with Crippen LogP contribution in [0.2, 0.25) is 0 Å². The second kappa shape index (κ2) is 6.62. The molecule has 2 rings (SSSR count). The fourth-order valence-electron chi connectivity index (χ4n) is 2.14. The number of urea groups is 1. The molecule has 0 radical (unpaired) electrons. The zero-order chi connectivity index (χ0) is 16.1. The van der Waals surface area contributed by atoms with Gasteiger partial charge in [-0.25, -0.2) is 9.59 Å². The van der Waals surface area contributed by atoms with Crippen LogP contribution in [-0.2, 0) is 0 Å². The van der Waals surface area contributed by atoms with E-state index in [1.165, 1.54) is 12.1 Å². The van der Waals surface area contributed by atoms with E-state index in [0.29, 0.717) is 18.0 Å². The van der Waals surface area contributed by atoms with Gasteiger partial charge in [-0.3, -0.25) is 4.90 Å². The zero-order valence-electron chi connectivity index (χ0n) is 12.0. The lowest BCUT2D eigenvalue weighted by Gasteiger charge is -2.24. The van der Waals surface area contributed by atoms with E-state index in [0.717, 1.165) is 4.90 Å². The van der Waals surface area contributed by atoms with Crippen molar-refractivity contribution >= 4 is 23.4 Å². The molecule has 0 spiro atoms. The summed E-state index contributed by atoms with van der Waals surface area (Å²) in [5, 5.41) is 9.31. The maximum absolute atomic E-state index is 11.9. The van der Waals surface area contributed by atoms with Crippen LogP contribution in [-0.4, -0.2) is 23.7 Å². The number of carbonyl (C=O) groups excluding carboxylic acids is 1. The Balaban J connectivity index is 2.63. The van der Waals surface area contributed by atoms with E-state index in [4.69, 9.17) is 10.5 Å². The Labute approximate surface area is 127 Å². The molecular formula is C16H16N2O4. The van der Waals surface area contributed by atoms with Gasteiger partial charge in [0.1, 0.15) is 5.75 Å². The van der Waals surface area contributed by atoms with Gasteiger partial charge in [0.05, 0.1) is 23.5 Å². The van der Waals surface area contributed by atoms with Crippen LogP contribution in [0.15, 0.2) is 48.5 Å². The number of hydrogen-bond acceptors (Lipinski definition) is 3. The molecule has 2 aromatic rings. The molecule has 0 bridgehead atoms. The summed E-state index contributed by atoms with van der Waals surface area (Å²) in [5.74, 6) is -0.695. The highest BCUT2D eigenvalue weighted by Crippen LogP contribution is 2.35. The van der Waals surface area contributed by atoms with E-state index < -0.39 is 12.0 Å². The van der Waals surface area contributed by atoms with E-state index in [9.17, 15) is 14.7 Å². The Morgan fingerprint density at radius 2 is 1.68 bits per heavy atom. The lowest BCUT2D eigenvalue weighted by Crippen LogP contribution is -2.33. The Kier molecular flexibility index (Phi) is 4.63. The first-order chi connectivity index (χ1) is 10.6. The number of nitrogens with zero attached hydrogens (tertiary/aromatic N) is 1. The van der Waals surface area contributed by atoms with Crippen molar-refractivity contribution in [2.45, 2.75) is 6.92 Å². The maximum atomic E-state index is 11.9. The van der Waals surface area contributed by atoms with E-state index in [-0.39, 0.29) is 11.3 Å². The summed E-state index contributed by atoms with van der Waals surface area (Å²) in [6, 6.07) is 12.2. The van der Waals surface area contributed by atoms with Crippen LogP contribution in [0, 0.1) is 0 Å². The highest BCUT2D eigenvalue weighted by atomic mass is 16.5. The van der Waals surface area contributed by atoms with Gasteiger partial charge < -0.3 is 15.6 Å². The Bertz CT molecular complexity index is 700. The number of hydrogen-bond donors (Lipinski definition) is 2. The maximum Gasteiger partial charge on any atom is 0.337 e. The Hall–Kier alpha value is -3.02. The van der Waals surface area contributed by atoms with Crippen molar-refractivity contribution in [1.29, 1.82) is 0 Å². The number of carboxylic acid groups (broad SMARTS) is 1. The molecule has 22 heavy (non-hydrogen) atoms. The molecule has 6 heteroatoms. The summed E-state index contributed by atoms with van der Waals surface area (Å²) >= 11 is 0. The van der Waals surface area contributed by atoms with Crippen LogP contribution in [0.25, 0.3) is 0 Å². The summed E-state index contributed by atoms with van der Waals surface area (Å²) in [7, 11) is 0. The lowest BCUT2D eigenvalue weighted by molar-refractivity contribution is 0.0698. The van der Waals surface area contributed by atoms with Crippen LogP contribution in [0.5, 0.6) is 5.75 Å². The molecule has 0 aliphatic heterocycles. The van der Waals surface area contributed by atoms with Crippen molar-refractivity contribution in [2.24, 2.45) is 5.73 Å². The van der Waals surface area contributed by atoms with Crippen molar-refractivity contribution in [1.82, 2.24) is 0 Å². The number of rotatable bonds is 5. The van der Waals surface area contributed by atoms with Gasteiger partial charge in [0.2, 0.25) is 0 Å².